The lowest BCUT2D eigenvalue weighted by Crippen LogP contribution is -2.53. The number of nitrogens with two attached hydrogens (primary N) is 1. The number of carbonyl (C=O) groups is 1. The van der Waals surface area contributed by atoms with E-state index in [1.807, 2.05) is 18.2 Å². The Balaban J connectivity index is 1.76. The van der Waals surface area contributed by atoms with Crippen molar-refractivity contribution in [3.63, 3.8) is 0 Å². The Kier molecular flexibility index (Phi) is 5.11. The Morgan fingerprint density at radius 3 is 2.71 bits per heavy atom. The fourth-order valence-electron chi connectivity index (χ4n) is 3.31. The summed E-state index contributed by atoms with van der Waals surface area (Å²) in [4.78, 5) is 16.6. The van der Waals surface area contributed by atoms with Gasteiger partial charge in [0.15, 0.2) is 11.5 Å². The summed E-state index contributed by atoms with van der Waals surface area (Å²) in [5, 5.41) is 0. The van der Waals surface area contributed by atoms with Crippen LogP contribution in [0, 0.1) is 5.92 Å². The van der Waals surface area contributed by atoms with Crippen LogP contribution in [0.5, 0.6) is 11.5 Å². The molecule has 0 radical (unpaired) electrons. The van der Waals surface area contributed by atoms with E-state index in [-0.39, 0.29) is 17.9 Å². The average Bonchev–Trinajstić information content (AvgIpc) is 3.15. The normalized spacial score (nSPS) is 24.1. The van der Waals surface area contributed by atoms with Gasteiger partial charge < -0.3 is 29.7 Å². The number of methoxy groups -OCH3 is 2. The lowest BCUT2D eigenvalue weighted by Gasteiger charge is -2.38. The molecule has 2 saturated heterocycles. The fourth-order valence-corrected chi connectivity index (χ4v) is 3.31. The number of piperidine rings is 1. The smallest absolute Gasteiger partial charge is 0.230 e. The first-order valence-electron chi connectivity index (χ1n) is 8.23. The predicted molar refractivity (Wildman–Crippen MR) is 90.4 cm³/mol. The number of amides is 1. The molecule has 7 nitrogen and oxygen atoms in total. The number of nitrogens with zero attached hydrogens (tertiary/aromatic N) is 2. The van der Waals surface area contributed by atoms with Crippen LogP contribution in [0.15, 0.2) is 18.2 Å². The Morgan fingerprint density at radius 2 is 2.04 bits per heavy atom. The summed E-state index contributed by atoms with van der Waals surface area (Å²) in [5.74, 6) is 1.25. The fraction of sp³-hybridized carbons (Fsp3) is 0.588. The van der Waals surface area contributed by atoms with Crippen molar-refractivity contribution in [1.82, 2.24) is 4.90 Å². The van der Waals surface area contributed by atoms with Gasteiger partial charge in [-0.2, -0.15) is 0 Å². The van der Waals surface area contributed by atoms with Crippen molar-refractivity contribution in [3.8, 4) is 11.5 Å². The quantitative estimate of drug-likeness (QED) is 0.872. The maximum atomic E-state index is 12.7. The number of benzene rings is 1. The molecule has 0 bridgehead atoms. The first-order valence-corrected chi connectivity index (χ1v) is 8.23. The van der Waals surface area contributed by atoms with E-state index in [0.717, 1.165) is 18.7 Å². The van der Waals surface area contributed by atoms with E-state index >= 15 is 0 Å². The summed E-state index contributed by atoms with van der Waals surface area (Å²) in [6, 6.07) is 5.69. The molecule has 1 aromatic carbocycles. The minimum atomic E-state index is -0.214. The lowest BCUT2D eigenvalue weighted by molar-refractivity contribution is -0.136. The van der Waals surface area contributed by atoms with Gasteiger partial charge in [-0.25, -0.2) is 0 Å². The van der Waals surface area contributed by atoms with Crippen molar-refractivity contribution in [2.24, 2.45) is 11.7 Å². The number of hydrogen-bond donors (Lipinski definition) is 1. The number of ether oxygens (including phenoxy) is 3. The van der Waals surface area contributed by atoms with E-state index < -0.39 is 0 Å². The van der Waals surface area contributed by atoms with Crippen LogP contribution >= 0.6 is 0 Å². The van der Waals surface area contributed by atoms with Crippen molar-refractivity contribution in [2.45, 2.75) is 12.5 Å². The molecule has 2 atom stereocenters. The maximum absolute atomic E-state index is 12.7. The number of carbonyl (C=O) groups excluding carboxylic acids is 1. The standard InChI is InChI=1S/C17H25N3O4/c1-22-15-4-3-12(9-16(15)23-2)19-6-5-14(18)13(10-19)17(21)20-7-8-24-11-20/h3-4,9,13-14H,5-8,10-11,18H2,1-2H3/t13-,14-/m1/s1. The van der Waals surface area contributed by atoms with Gasteiger partial charge in [-0.15, -0.1) is 0 Å². The number of hydrogen-bond acceptors (Lipinski definition) is 6. The molecule has 0 aliphatic carbocycles. The molecular weight excluding hydrogens is 310 g/mol. The third kappa shape index (κ3) is 3.27. The van der Waals surface area contributed by atoms with E-state index in [4.69, 9.17) is 19.9 Å². The minimum Gasteiger partial charge on any atom is -0.493 e. The zero-order valence-corrected chi connectivity index (χ0v) is 14.2. The Bertz CT molecular complexity index is 589. The van der Waals surface area contributed by atoms with Gasteiger partial charge >= 0.3 is 0 Å². The molecule has 2 aliphatic heterocycles. The summed E-state index contributed by atoms with van der Waals surface area (Å²) in [6.45, 7) is 3.05. The molecule has 0 spiro atoms. The predicted octanol–water partition coefficient (Wildman–Crippen LogP) is 0.674. The number of rotatable bonds is 4. The van der Waals surface area contributed by atoms with Crippen LogP contribution in [0.2, 0.25) is 0 Å². The molecule has 0 aromatic heterocycles. The van der Waals surface area contributed by atoms with Crippen LogP contribution in [0.1, 0.15) is 6.42 Å². The first-order chi connectivity index (χ1) is 11.6. The summed E-state index contributed by atoms with van der Waals surface area (Å²) in [6.07, 6.45) is 0.777. The van der Waals surface area contributed by atoms with Crippen molar-refractivity contribution >= 4 is 11.6 Å². The third-order valence-corrected chi connectivity index (χ3v) is 4.78. The van der Waals surface area contributed by atoms with Gasteiger partial charge in [0.05, 0.1) is 26.7 Å². The summed E-state index contributed by atoms with van der Waals surface area (Å²) < 4.78 is 16.0. The highest BCUT2D eigenvalue weighted by Gasteiger charge is 2.36. The summed E-state index contributed by atoms with van der Waals surface area (Å²) in [7, 11) is 3.23. The molecule has 24 heavy (non-hydrogen) atoms. The molecule has 132 valence electrons. The molecule has 3 rings (SSSR count). The minimum absolute atomic E-state index is 0.0881. The van der Waals surface area contributed by atoms with Crippen molar-refractivity contribution in [1.29, 1.82) is 0 Å². The van der Waals surface area contributed by atoms with Gasteiger partial charge in [0, 0.05) is 37.4 Å². The summed E-state index contributed by atoms with van der Waals surface area (Å²) in [5.41, 5.74) is 7.24. The average molecular weight is 335 g/mol. The van der Waals surface area contributed by atoms with Crippen molar-refractivity contribution in [2.75, 3.05) is 52.1 Å². The van der Waals surface area contributed by atoms with Crippen LogP contribution in [0.25, 0.3) is 0 Å². The highest BCUT2D eigenvalue weighted by Crippen LogP contribution is 2.33. The zero-order chi connectivity index (χ0) is 17.1. The van der Waals surface area contributed by atoms with E-state index in [9.17, 15) is 4.79 Å². The van der Waals surface area contributed by atoms with Gasteiger partial charge in [0.1, 0.15) is 6.73 Å². The largest absolute Gasteiger partial charge is 0.493 e. The molecule has 1 aromatic rings. The van der Waals surface area contributed by atoms with Crippen LogP contribution in [0.3, 0.4) is 0 Å². The Morgan fingerprint density at radius 1 is 1.25 bits per heavy atom. The SMILES string of the molecule is COc1ccc(N2CC[C@@H](N)[C@H](C(=O)N3CCOC3)C2)cc1OC. The Hall–Kier alpha value is -1.99. The third-order valence-electron chi connectivity index (χ3n) is 4.78. The van der Waals surface area contributed by atoms with Crippen molar-refractivity contribution in [3.05, 3.63) is 18.2 Å². The Labute approximate surface area is 142 Å². The van der Waals surface area contributed by atoms with E-state index in [1.165, 1.54) is 0 Å². The lowest BCUT2D eigenvalue weighted by atomic mass is 9.91. The van der Waals surface area contributed by atoms with Crippen LogP contribution in [0.4, 0.5) is 5.69 Å². The van der Waals surface area contributed by atoms with Crippen LogP contribution in [-0.2, 0) is 9.53 Å². The number of anilines is 1. The second-order valence-electron chi connectivity index (χ2n) is 6.18. The van der Waals surface area contributed by atoms with Gasteiger partial charge in [-0.1, -0.05) is 0 Å². The highest BCUT2D eigenvalue weighted by atomic mass is 16.5. The van der Waals surface area contributed by atoms with E-state index in [2.05, 4.69) is 4.90 Å². The molecule has 2 aliphatic rings. The van der Waals surface area contributed by atoms with E-state index in [0.29, 0.717) is 37.9 Å². The molecule has 1 amide bonds. The zero-order valence-electron chi connectivity index (χ0n) is 14.2. The van der Waals surface area contributed by atoms with Gasteiger partial charge in [-0.3, -0.25) is 4.79 Å². The molecule has 2 heterocycles. The first kappa shape index (κ1) is 16.9. The van der Waals surface area contributed by atoms with Crippen molar-refractivity contribution < 1.29 is 19.0 Å². The second kappa shape index (κ2) is 7.27. The van der Waals surface area contributed by atoms with E-state index in [1.54, 1.807) is 19.1 Å². The molecule has 2 N–H and O–H groups in total. The topological polar surface area (TPSA) is 77.3 Å². The van der Waals surface area contributed by atoms with Crippen LogP contribution < -0.4 is 20.1 Å². The highest BCUT2D eigenvalue weighted by molar-refractivity contribution is 5.80. The molecule has 0 unspecified atom stereocenters. The molecule has 0 saturated carbocycles. The van der Waals surface area contributed by atoms with Crippen LogP contribution in [-0.4, -0.2) is 64.0 Å². The molecule has 2 fully saturated rings. The monoisotopic (exact) mass is 335 g/mol. The van der Waals surface area contributed by atoms with Gasteiger partial charge in [0.2, 0.25) is 5.91 Å². The molecular formula is C17H25N3O4. The molecule has 7 heteroatoms. The summed E-state index contributed by atoms with van der Waals surface area (Å²) >= 11 is 0. The van der Waals surface area contributed by atoms with Gasteiger partial charge in [-0.05, 0) is 18.6 Å². The maximum Gasteiger partial charge on any atom is 0.230 e. The second-order valence-corrected chi connectivity index (χ2v) is 6.18. The van der Waals surface area contributed by atoms with Gasteiger partial charge in [0.25, 0.3) is 0 Å².